The summed E-state index contributed by atoms with van der Waals surface area (Å²) >= 11 is 3.18. The number of aryl methyl sites for hydroxylation is 1. The molecule has 0 atom stereocenters. The number of halogens is 1. The van der Waals surface area contributed by atoms with Gasteiger partial charge in [-0.05, 0) is 52.7 Å². The largest absolute Gasteiger partial charge is 0.322 e. The van der Waals surface area contributed by atoms with E-state index in [9.17, 15) is 13.2 Å². The Morgan fingerprint density at radius 1 is 1.29 bits per heavy atom. The van der Waals surface area contributed by atoms with Crippen LogP contribution in [0.15, 0.2) is 46.0 Å². The van der Waals surface area contributed by atoms with E-state index in [1.807, 2.05) is 0 Å². The van der Waals surface area contributed by atoms with Crippen LogP contribution in [0.2, 0.25) is 0 Å². The summed E-state index contributed by atoms with van der Waals surface area (Å²) in [7, 11) is -3.83. The summed E-state index contributed by atoms with van der Waals surface area (Å²) < 4.78 is 23.5. The Labute approximate surface area is 130 Å². The van der Waals surface area contributed by atoms with Crippen molar-refractivity contribution < 1.29 is 13.2 Å². The maximum Gasteiger partial charge on any atom is 0.257 e. The van der Waals surface area contributed by atoms with E-state index in [1.165, 1.54) is 12.3 Å². The quantitative estimate of drug-likeness (QED) is 0.808. The van der Waals surface area contributed by atoms with E-state index >= 15 is 0 Å². The molecule has 0 radical (unpaired) electrons. The van der Waals surface area contributed by atoms with Crippen molar-refractivity contribution in [3.05, 3.63) is 52.3 Å². The van der Waals surface area contributed by atoms with Crippen LogP contribution >= 0.6 is 15.9 Å². The number of hydrogen-bond donors (Lipinski definition) is 2. The Bertz CT molecular complexity index is 789. The van der Waals surface area contributed by atoms with Gasteiger partial charge in [-0.15, -0.1) is 0 Å². The number of anilines is 1. The van der Waals surface area contributed by atoms with Crippen molar-refractivity contribution in [3.63, 3.8) is 0 Å². The molecule has 0 fully saturated rings. The standard InChI is InChI=1S/C13H12BrN3O3S/c1-8-2-4-10(6-11(8)21(15,19)20)17-13(18)9-3-5-12(14)16-7-9/h2-7H,1H3,(H,17,18)(H2,15,19,20). The topological polar surface area (TPSA) is 102 Å². The number of carbonyl (C=O) groups is 1. The van der Waals surface area contributed by atoms with Gasteiger partial charge < -0.3 is 5.32 Å². The second-order valence-corrected chi connectivity index (χ2v) is 6.69. The third-order valence-electron chi connectivity index (χ3n) is 2.74. The molecular weight excluding hydrogens is 358 g/mol. The van der Waals surface area contributed by atoms with Crippen LogP contribution < -0.4 is 10.5 Å². The number of nitrogens with zero attached hydrogens (tertiary/aromatic N) is 1. The molecule has 1 aromatic carbocycles. The molecule has 1 amide bonds. The number of nitrogens with one attached hydrogen (secondary N) is 1. The maximum atomic E-state index is 12.0. The molecule has 0 saturated heterocycles. The number of nitrogens with two attached hydrogens (primary N) is 1. The zero-order valence-electron chi connectivity index (χ0n) is 11.0. The molecule has 8 heteroatoms. The molecule has 0 bridgehead atoms. The van der Waals surface area contributed by atoms with Crippen LogP contribution in [-0.4, -0.2) is 19.3 Å². The molecular formula is C13H12BrN3O3S. The minimum absolute atomic E-state index is 0.0192. The second kappa shape index (κ2) is 5.92. The Kier molecular flexibility index (Phi) is 4.40. The highest BCUT2D eigenvalue weighted by atomic mass is 79.9. The van der Waals surface area contributed by atoms with Crippen molar-refractivity contribution in [2.24, 2.45) is 5.14 Å². The van der Waals surface area contributed by atoms with Crippen molar-refractivity contribution in [1.29, 1.82) is 0 Å². The molecule has 21 heavy (non-hydrogen) atoms. The van der Waals surface area contributed by atoms with Gasteiger partial charge in [-0.1, -0.05) is 6.07 Å². The fraction of sp³-hybridized carbons (Fsp3) is 0.0769. The summed E-state index contributed by atoms with van der Waals surface area (Å²) in [6, 6.07) is 7.75. The first-order valence-corrected chi connectivity index (χ1v) is 8.17. The third-order valence-corrected chi connectivity index (χ3v) is 4.26. The minimum atomic E-state index is -3.83. The second-order valence-electron chi connectivity index (χ2n) is 4.35. The molecule has 2 rings (SSSR count). The van der Waals surface area contributed by atoms with Crippen molar-refractivity contribution in [2.75, 3.05) is 5.32 Å². The Morgan fingerprint density at radius 3 is 2.57 bits per heavy atom. The lowest BCUT2D eigenvalue weighted by atomic mass is 10.2. The van der Waals surface area contributed by atoms with Gasteiger partial charge in [0, 0.05) is 11.9 Å². The van der Waals surface area contributed by atoms with Crippen LogP contribution in [-0.2, 0) is 10.0 Å². The zero-order valence-corrected chi connectivity index (χ0v) is 13.4. The van der Waals surface area contributed by atoms with Crippen molar-refractivity contribution in [1.82, 2.24) is 4.98 Å². The summed E-state index contributed by atoms with van der Waals surface area (Å²) in [4.78, 5) is 16.0. The SMILES string of the molecule is Cc1ccc(NC(=O)c2ccc(Br)nc2)cc1S(N)(=O)=O. The number of amides is 1. The Morgan fingerprint density at radius 2 is 2.00 bits per heavy atom. The number of hydrogen-bond acceptors (Lipinski definition) is 4. The van der Waals surface area contributed by atoms with Gasteiger partial charge in [-0.25, -0.2) is 18.5 Å². The van der Waals surface area contributed by atoms with E-state index in [1.54, 1.807) is 31.2 Å². The first kappa shape index (κ1) is 15.6. The molecule has 0 aliphatic rings. The third kappa shape index (κ3) is 3.87. The molecule has 1 aromatic heterocycles. The highest BCUT2D eigenvalue weighted by molar-refractivity contribution is 9.10. The molecule has 0 unspecified atom stereocenters. The number of primary sulfonamides is 1. The van der Waals surface area contributed by atoms with Crippen LogP contribution in [0.3, 0.4) is 0 Å². The molecule has 0 spiro atoms. The molecule has 0 saturated carbocycles. The summed E-state index contributed by atoms with van der Waals surface area (Å²) in [6.45, 7) is 1.63. The molecule has 1 heterocycles. The van der Waals surface area contributed by atoms with Gasteiger partial charge in [-0.2, -0.15) is 0 Å². The van der Waals surface area contributed by atoms with Crippen molar-refractivity contribution in [2.45, 2.75) is 11.8 Å². The average Bonchev–Trinajstić information content (AvgIpc) is 2.40. The highest BCUT2D eigenvalue weighted by Crippen LogP contribution is 2.19. The average molecular weight is 370 g/mol. The van der Waals surface area contributed by atoms with Crippen LogP contribution in [0.25, 0.3) is 0 Å². The fourth-order valence-electron chi connectivity index (χ4n) is 1.70. The van der Waals surface area contributed by atoms with E-state index in [4.69, 9.17) is 5.14 Å². The van der Waals surface area contributed by atoms with Gasteiger partial charge in [0.15, 0.2) is 0 Å². The minimum Gasteiger partial charge on any atom is -0.322 e. The van der Waals surface area contributed by atoms with Crippen molar-refractivity contribution in [3.8, 4) is 0 Å². The zero-order chi connectivity index (χ0) is 15.6. The number of sulfonamides is 1. The van der Waals surface area contributed by atoms with Gasteiger partial charge >= 0.3 is 0 Å². The highest BCUT2D eigenvalue weighted by Gasteiger charge is 2.13. The lowest BCUT2D eigenvalue weighted by Gasteiger charge is -2.09. The van der Waals surface area contributed by atoms with Gasteiger partial charge in [0.1, 0.15) is 4.60 Å². The first-order valence-electron chi connectivity index (χ1n) is 5.84. The lowest BCUT2D eigenvalue weighted by molar-refractivity contribution is 0.102. The summed E-state index contributed by atoms with van der Waals surface area (Å²) in [5.74, 6) is -0.390. The van der Waals surface area contributed by atoms with E-state index in [0.29, 0.717) is 21.4 Å². The van der Waals surface area contributed by atoms with E-state index in [0.717, 1.165) is 0 Å². The molecule has 6 nitrogen and oxygen atoms in total. The van der Waals surface area contributed by atoms with E-state index < -0.39 is 10.0 Å². The summed E-state index contributed by atoms with van der Waals surface area (Å²) in [5, 5.41) is 7.73. The maximum absolute atomic E-state index is 12.0. The van der Waals surface area contributed by atoms with Crippen LogP contribution in [0, 0.1) is 6.92 Å². The van der Waals surface area contributed by atoms with Gasteiger partial charge in [-0.3, -0.25) is 4.79 Å². The van der Waals surface area contributed by atoms with Gasteiger partial charge in [0.05, 0.1) is 10.5 Å². The van der Waals surface area contributed by atoms with Crippen LogP contribution in [0.4, 0.5) is 5.69 Å². The summed E-state index contributed by atoms with van der Waals surface area (Å²) in [6.07, 6.45) is 1.41. The molecule has 0 aliphatic heterocycles. The first-order chi connectivity index (χ1) is 9.77. The van der Waals surface area contributed by atoms with E-state index in [2.05, 4.69) is 26.2 Å². The van der Waals surface area contributed by atoms with Crippen molar-refractivity contribution >= 4 is 37.5 Å². The number of benzene rings is 1. The van der Waals surface area contributed by atoms with Crippen LogP contribution in [0.1, 0.15) is 15.9 Å². The van der Waals surface area contributed by atoms with Crippen LogP contribution in [0.5, 0.6) is 0 Å². The molecule has 110 valence electrons. The smallest absolute Gasteiger partial charge is 0.257 e. The van der Waals surface area contributed by atoms with Gasteiger partial charge in [0.25, 0.3) is 5.91 Å². The number of carbonyl (C=O) groups excluding carboxylic acids is 1. The van der Waals surface area contributed by atoms with Gasteiger partial charge in [0.2, 0.25) is 10.0 Å². The Hall–Kier alpha value is -1.77. The monoisotopic (exact) mass is 369 g/mol. The Balaban J connectivity index is 2.28. The number of aromatic nitrogens is 1. The molecule has 3 N–H and O–H groups in total. The number of pyridine rings is 1. The predicted octanol–water partition coefficient (Wildman–Crippen LogP) is 2.05. The lowest BCUT2D eigenvalue weighted by Crippen LogP contribution is -2.16. The summed E-state index contributed by atoms with van der Waals surface area (Å²) in [5.41, 5.74) is 1.22. The molecule has 0 aliphatic carbocycles. The predicted molar refractivity (Wildman–Crippen MR) is 82.4 cm³/mol. The fourth-order valence-corrected chi connectivity index (χ4v) is 2.74. The molecule has 2 aromatic rings. The number of rotatable bonds is 3. The van der Waals surface area contributed by atoms with E-state index in [-0.39, 0.29) is 10.8 Å². The normalized spacial score (nSPS) is 11.2.